The summed E-state index contributed by atoms with van der Waals surface area (Å²) in [6.45, 7) is 8.57. The van der Waals surface area contributed by atoms with E-state index >= 15 is 0 Å². The number of amides is 3. The van der Waals surface area contributed by atoms with Crippen LogP contribution in [-0.2, 0) is 20.7 Å². The van der Waals surface area contributed by atoms with E-state index in [9.17, 15) is 19.6 Å². The molecule has 0 aliphatic heterocycles. The Kier molecular flexibility index (Phi) is 10.0. The van der Waals surface area contributed by atoms with Crippen LogP contribution in [0.5, 0.6) is 0 Å². The van der Waals surface area contributed by atoms with Crippen molar-refractivity contribution in [2.45, 2.75) is 58.7 Å². The van der Waals surface area contributed by atoms with Crippen molar-refractivity contribution in [3.8, 4) is 6.07 Å². The average Bonchev–Trinajstić information content (AvgIpc) is 2.88. The fourth-order valence-corrected chi connectivity index (χ4v) is 4.30. The summed E-state index contributed by atoms with van der Waals surface area (Å²) in [4.78, 5) is 42.1. The van der Waals surface area contributed by atoms with Crippen molar-refractivity contribution >= 4 is 23.6 Å². The highest BCUT2D eigenvalue weighted by atomic mass is 16.6. The molecule has 0 aliphatic rings. The maximum Gasteiger partial charge on any atom is 0.408 e. The van der Waals surface area contributed by atoms with Crippen molar-refractivity contribution in [2.24, 2.45) is 0 Å². The summed E-state index contributed by atoms with van der Waals surface area (Å²) in [6.07, 6.45) is -0.629. The molecule has 8 nitrogen and oxygen atoms in total. The van der Waals surface area contributed by atoms with Gasteiger partial charge in [0.1, 0.15) is 24.2 Å². The first-order chi connectivity index (χ1) is 19.0. The lowest BCUT2D eigenvalue weighted by Gasteiger charge is -2.33. The fourth-order valence-electron chi connectivity index (χ4n) is 4.30. The normalized spacial score (nSPS) is 12.4. The van der Waals surface area contributed by atoms with E-state index in [1.165, 1.54) is 4.90 Å². The monoisotopic (exact) mass is 540 g/mol. The molecule has 2 unspecified atom stereocenters. The number of ether oxygens (including phenoxy) is 1. The number of carbonyl (C=O) groups is 3. The first-order valence-corrected chi connectivity index (χ1v) is 13.1. The lowest BCUT2D eigenvalue weighted by atomic mass is 9.99. The molecule has 0 spiro atoms. The Morgan fingerprint density at radius 3 is 2.25 bits per heavy atom. The van der Waals surface area contributed by atoms with E-state index in [0.717, 1.165) is 16.7 Å². The Morgan fingerprint density at radius 1 is 0.950 bits per heavy atom. The van der Waals surface area contributed by atoms with Crippen LogP contribution in [0, 0.1) is 25.2 Å². The molecule has 3 amide bonds. The summed E-state index contributed by atoms with van der Waals surface area (Å²) in [7, 11) is 0. The molecule has 0 aliphatic carbocycles. The van der Waals surface area contributed by atoms with Crippen molar-refractivity contribution in [3.05, 3.63) is 101 Å². The number of nitrogens with one attached hydrogen (secondary N) is 2. The van der Waals surface area contributed by atoms with Crippen LogP contribution in [0.1, 0.15) is 49.1 Å². The molecule has 8 heteroatoms. The van der Waals surface area contributed by atoms with E-state index in [4.69, 9.17) is 4.74 Å². The maximum absolute atomic E-state index is 14.2. The zero-order valence-electron chi connectivity index (χ0n) is 23.6. The SMILES string of the molecule is Cc1cccc(C(C(=O)Nc2ccccc2C)N(CC#N)C(=O)C(Cc2ccccc2)NC(=O)OC(C)(C)C)c1. The van der Waals surface area contributed by atoms with Gasteiger partial charge in [-0.3, -0.25) is 9.59 Å². The fraction of sp³-hybridized carbons (Fsp3) is 0.312. The quantitative estimate of drug-likeness (QED) is 0.350. The molecular formula is C32H36N4O4. The van der Waals surface area contributed by atoms with Gasteiger partial charge in [-0.2, -0.15) is 5.26 Å². The summed E-state index contributed by atoms with van der Waals surface area (Å²) < 4.78 is 5.43. The second-order valence-corrected chi connectivity index (χ2v) is 10.6. The van der Waals surface area contributed by atoms with Crippen LogP contribution in [-0.4, -0.2) is 41.0 Å². The van der Waals surface area contributed by atoms with E-state index in [2.05, 4.69) is 10.6 Å². The van der Waals surface area contributed by atoms with Gasteiger partial charge in [0.05, 0.1) is 6.07 Å². The van der Waals surface area contributed by atoms with Crippen molar-refractivity contribution in [3.63, 3.8) is 0 Å². The lowest BCUT2D eigenvalue weighted by molar-refractivity contribution is -0.140. The van der Waals surface area contributed by atoms with E-state index in [0.29, 0.717) is 11.3 Å². The average molecular weight is 541 g/mol. The summed E-state index contributed by atoms with van der Waals surface area (Å²) in [5.41, 5.74) is 2.90. The number of anilines is 1. The van der Waals surface area contributed by atoms with Crippen molar-refractivity contribution < 1.29 is 19.1 Å². The molecule has 3 aromatic rings. The van der Waals surface area contributed by atoms with Gasteiger partial charge in [0.15, 0.2) is 0 Å². The molecule has 2 N–H and O–H groups in total. The Morgan fingerprint density at radius 2 is 1.62 bits per heavy atom. The van der Waals surface area contributed by atoms with Crippen LogP contribution >= 0.6 is 0 Å². The number of alkyl carbamates (subject to hydrolysis) is 1. The lowest BCUT2D eigenvalue weighted by Crippen LogP contribution is -2.53. The number of aryl methyl sites for hydroxylation is 2. The smallest absolute Gasteiger partial charge is 0.408 e. The summed E-state index contributed by atoms with van der Waals surface area (Å²) in [5, 5.41) is 15.4. The number of hydrogen-bond donors (Lipinski definition) is 2. The van der Waals surface area contributed by atoms with Gasteiger partial charge in [0, 0.05) is 12.1 Å². The van der Waals surface area contributed by atoms with Gasteiger partial charge in [0.25, 0.3) is 5.91 Å². The van der Waals surface area contributed by atoms with E-state index in [1.54, 1.807) is 39.0 Å². The zero-order valence-corrected chi connectivity index (χ0v) is 23.6. The third-order valence-corrected chi connectivity index (χ3v) is 6.12. The largest absolute Gasteiger partial charge is 0.444 e. The van der Waals surface area contributed by atoms with Crippen LogP contribution in [0.3, 0.4) is 0 Å². The summed E-state index contributed by atoms with van der Waals surface area (Å²) in [5.74, 6) is -1.05. The number of para-hydroxylation sites is 1. The minimum absolute atomic E-state index is 0.140. The maximum atomic E-state index is 14.2. The highest BCUT2D eigenvalue weighted by Crippen LogP contribution is 2.26. The van der Waals surface area contributed by atoms with Crippen LogP contribution < -0.4 is 10.6 Å². The molecule has 3 rings (SSSR count). The summed E-state index contributed by atoms with van der Waals surface area (Å²) >= 11 is 0. The molecule has 3 aromatic carbocycles. The second kappa shape index (κ2) is 13.4. The van der Waals surface area contributed by atoms with Gasteiger partial charge in [-0.05, 0) is 57.4 Å². The Bertz CT molecular complexity index is 1380. The number of carbonyl (C=O) groups excluding carboxylic acids is 3. The van der Waals surface area contributed by atoms with Crippen LogP contribution in [0.4, 0.5) is 10.5 Å². The first kappa shape index (κ1) is 29.9. The number of hydrogen-bond acceptors (Lipinski definition) is 5. The van der Waals surface area contributed by atoms with Gasteiger partial charge >= 0.3 is 6.09 Å². The molecule has 0 fully saturated rings. The Balaban J connectivity index is 2.04. The molecule has 208 valence electrons. The molecule has 0 saturated heterocycles. The molecule has 0 bridgehead atoms. The standard InChI is InChI=1S/C32H36N4O4/c1-22-12-11-16-25(20-22)28(29(37)34-26-17-10-9-13-23(26)2)36(19-18-33)30(38)27(21-24-14-7-6-8-15-24)35-31(39)40-32(3,4)5/h6-17,20,27-28H,19,21H2,1-5H3,(H,34,37)(H,35,39). The minimum Gasteiger partial charge on any atom is -0.444 e. The number of rotatable bonds is 9. The molecule has 40 heavy (non-hydrogen) atoms. The van der Waals surface area contributed by atoms with Gasteiger partial charge in [-0.1, -0.05) is 78.4 Å². The molecule has 0 saturated carbocycles. The Labute approximate surface area is 236 Å². The van der Waals surface area contributed by atoms with E-state index in [-0.39, 0.29) is 13.0 Å². The van der Waals surface area contributed by atoms with Gasteiger partial charge in [0.2, 0.25) is 5.91 Å². The van der Waals surface area contributed by atoms with Crippen LogP contribution in [0.2, 0.25) is 0 Å². The van der Waals surface area contributed by atoms with Crippen LogP contribution in [0.25, 0.3) is 0 Å². The molecule has 0 aromatic heterocycles. The third kappa shape index (κ3) is 8.43. The molecular weight excluding hydrogens is 504 g/mol. The minimum atomic E-state index is -1.13. The number of benzene rings is 3. The van der Waals surface area contributed by atoms with Crippen molar-refractivity contribution in [1.82, 2.24) is 10.2 Å². The number of nitrogens with zero attached hydrogens (tertiary/aromatic N) is 2. The topological polar surface area (TPSA) is 112 Å². The highest BCUT2D eigenvalue weighted by Gasteiger charge is 2.36. The first-order valence-electron chi connectivity index (χ1n) is 13.1. The van der Waals surface area contributed by atoms with Crippen molar-refractivity contribution in [2.75, 3.05) is 11.9 Å². The Hall–Kier alpha value is -4.64. The zero-order chi connectivity index (χ0) is 29.3. The molecule has 2 atom stereocenters. The molecule has 0 heterocycles. The summed E-state index contributed by atoms with van der Waals surface area (Å²) in [6, 6.07) is 23.6. The predicted octanol–water partition coefficient (Wildman–Crippen LogP) is 5.47. The third-order valence-electron chi connectivity index (χ3n) is 6.12. The van der Waals surface area contributed by atoms with Gasteiger partial charge in [-0.25, -0.2) is 4.79 Å². The van der Waals surface area contributed by atoms with Crippen LogP contribution in [0.15, 0.2) is 78.9 Å². The predicted molar refractivity (Wildman–Crippen MR) is 154 cm³/mol. The van der Waals surface area contributed by atoms with E-state index in [1.807, 2.05) is 80.6 Å². The number of nitriles is 1. The van der Waals surface area contributed by atoms with E-state index < -0.39 is 35.6 Å². The molecule has 0 radical (unpaired) electrons. The van der Waals surface area contributed by atoms with Gasteiger partial charge in [-0.15, -0.1) is 0 Å². The van der Waals surface area contributed by atoms with Gasteiger partial charge < -0.3 is 20.3 Å². The van der Waals surface area contributed by atoms with Crippen molar-refractivity contribution in [1.29, 1.82) is 5.26 Å². The second-order valence-electron chi connectivity index (χ2n) is 10.6. The highest BCUT2D eigenvalue weighted by molar-refractivity contribution is 5.99.